The number of nitrogen functional groups attached to an aromatic ring is 1. The second-order valence-electron chi connectivity index (χ2n) is 4.48. The van der Waals surface area contributed by atoms with Crippen LogP contribution in [-0.2, 0) is 4.79 Å². The van der Waals surface area contributed by atoms with Gasteiger partial charge in [-0.2, -0.15) is 0 Å². The fourth-order valence-corrected chi connectivity index (χ4v) is 2.11. The molecule has 0 aliphatic carbocycles. The zero-order chi connectivity index (χ0) is 15.4. The molecule has 2 rings (SSSR count). The van der Waals surface area contributed by atoms with E-state index in [-0.39, 0.29) is 12.5 Å². The van der Waals surface area contributed by atoms with Gasteiger partial charge in [-0.3, -0.25) is 4.79 Å². The molecular weight excluding hydrogens is 356 g/mol. The van der Waals surface area contributed by atoms with E-state index < -0.39 is 0 Å². The van der Waals surface area contributed by atoms with Gasteiger partial charge in [0.1, 0.15) is 5.75 Å². The monoisotopic (exact) mass is 368 g/mol. The fourth-order valence-electron chi connectivity index (χ4n) is 1.68. The minimum atomic E-state index is -0.301. The summed E-state index contributed by atoms with van der Waals surface area (Å²) in [5.74, 6) is 0.313. The van der Waals surface area contributed by atoms with Crippen LogP contribution in [0.5, 0.6) is 5.75 Å². The molecule has 1 amide bonds. The smallest absolute Gasteiger partial charge is 0.262 e. The lowest BCUT2D eigenvalue weighted by Gasteiger charge is -2.11. The Morgan fingerprint density at radius 3 is 2.67 bits per heavy atom. The maximum absolute atomic E-state index is 11.9. The predicted octanol–water partition coefficient (Wildman–Crippen LogP) is 4.01. The van der Waals surface area contributed by atoms with Gasteiger partial charge in [0.05, 0.1) is 11.4 Å². The van der Waals surface area contributed by atoms with Gasteiger partial charge in [0, 0.05) is 9.50 Å². The van der Waals surface area contributed by atoms with Gasteiger partial charge in [0.25, 0.3) is 5.91 Å². The van der Waals surface area contributed by atoms with Gasteiger partial charge in [0.15, 0.2) is 6.61 Å². The van der Waals surface area contributed by atoms with E-state index in [1.165, 1.54) is 0 Å². The van der Waals surface area contributed by atoms with Crippen molar-refractivity contribution in [1.82, 2.24) is 0 Å². The molecule has 3 N–H and O–H groups in total. The number of halogens is 2. The molecule has 0 saturated heterocycles. The van der Waals surface area contributed by atoms with E-state index in [1.54, 1.807) is 24.3 Å². The summed E-state index contributed by atoms with van der Waals surface area (Å²) in [6.07, 6.45) is 0. The minimum Gasteiger partial charge on any atom is -0.484 e. The number of anilines is 2. The molecule has 0 bridgehead atoms. The molecule has 0 aliphatic heterocycles. The van der Waals surface area contributed by atoms with Crippen molar-refractivity contribution in [3.63, 3.8) is 0 Å². The molecule has 0 heterocycles. The summed E-state index contributed by atoms with van der Waals surface area (Å²) >= 11 is 9.34. The lowest BCUT2D eigenvalue weighted by Crippen LogP contribution is -2.20. The van der Waals surface area contributed by atoms with Crippen molar-refractivity contribution >= 4 is 44.8 Å². The highest BCUT2D eigenvalue weighted by atomic mass is 79.9. The van der Waals surface area contributed by atoms with Crippen molar-refractivity contribution in [1.29, 1.82) is 0 Å². The third-order valence-electron chi connectivity index (χ3n) is 2.79. The maximum Gasteiger partial charge on any atom is 0.262 e. The van der Waals surface area contributed by atoms with Crippen LogP contribution in [0.2, 0.25) is 5.02 Å². The highest BCUT2D eigenvalue weighted by Gasteiger charge is 2.08. The van der Waals surface area contributed by atoms with Crippen LogP contribution in [0.4, 0.5) is 11.4 Å². The molecule has 21 heavy (non-hydrogen) atoms. The Balaban J connectivity index is 1.96. The summed E-state index contributed by atoms with van der Waals surface area (Å²) in [5.41, 5.74) is 7.65. The molecule has 110 valence electrons. The largest absolute Gasteiger partial charge is 0.484 e. The van der Waals surface area contributed by atoms with E-state index in [0.29, 0.717) is 22.1 Å². The van der Waals surface area contributed by atoms with Crippen LogP contribution < -0.4 is 15.8 Å². The Morgan fingerprint density at radius 1 is 1.33 bits per heavy atom. The van der Waals surface area contributed by atoms with E-state index in [9.17, 15) is 4.79 Å². The number of carbonyl (C=O) groups is 1. The first-order chi connectivity index (χ1) is 9.95. The van der Waals surface area contributed by atoms with Gasteiger partial charge in [-0.05, 0) is 48.9 Å². The number of ether oxygens (including phenoxy) is 1. The van der Waals surface area contributed by atoms with Gasteiger partial charge in [-0.15, -0.1) is 0 Å². The molecule has 0 fully saturated rings. The van der Waals surface area contributed by atoms with Crippen molar-refractivity contribution in [2.45, 2.75) is 6.92 Å². The average Bonchev–Trinajstić information content (AvgIpc) is 2.44. The minimum absolute atomic E-state index is 0.105. The van der Waals surface area contributed by atoms with Gasteiger partial charge >= 0.3 is 0 Å². The second kappa shape index (κ2) is 6.83. The van der Waals surface area contributed by atoms with Crippen LogP contribution in [0.25, 0.3) is 0 Å². The number of aryl methyl sites for hydroxylation is 1. The van der Waals surface area contributed by atoms with Crippen molar-refractivity contribution in [3.05, 3.63) is 51.5 Å². The first kappa shape index (κ1) is 15.7. The molecule has 2 aromatic carbocycles. The molecule has 0 radical (unpaired) electrons. The van der Waals surface area contributed by atoms with E-state index in [2.05, 4.69) is 21.2 Å². The molecule has 0 saturated carbocycles. The highest BCUT2D eigenvalue weighted by molar-refractivity contribution is 9.10. The Bertz CT molecular complexity index is 659. The number of hydrogen-bond donors (Lipinski definition) is 2. The number of rotatable bonds is 4. The zero-order valence-corrected chi connectivity index (χ0v) is 13.7. The third-order valence-corrected chi connectivity index (χ3v) is 3.72. The van der Waals surface area contributed by atoms with Crippen molar-refractivity contribution < 1.29 is 9.53 Å². The van der Waals surface area contributed by atoms with E-state index in [0.717, 1.165) is 10.0 Å². The number of nitrogens with one attached hydrogen (secondary N) is 1. The average molecular weight is 370 g/mol. The fraction of sp³-hybridized carbons (Fsp3) is 0.133. The molecule has 0 aromatic heterocycles. The zero-order valence-electron chi connectivity index (χ0n) is 11.3. The summed E-state index contributed by atoms with van der Waals surface area (Å²) < 4.78 is 6.33. The molecule has 0 aliphatic rings. The van der Waals surface area contributed by atoms with E-state index >= 15 is 0 Å². The van der Waals surface area contributed by atoms with Crippen LogP contribution >= 0.6 is 27.5 Å². The predicted molar refractivity (Wildman–Crippen MR) is 88.9 cm³/mol. The topological polar surface area (TPSA) is 64.3 Å². The Kier molecular flexibility index (Phi) is 5.09. The Morgan fingerprint density at radius 2 is 2.00 bits per heavy atom. The second-order valence-corrected chi connectivity index (χ2v) is 5.80. The molecule has 0 spiro atoms. The van der Waals surface area contributed by atoms with Gasteiger partial charge in [-0.1, -0.05) is 27.5 Å². The van der Waals surface area contributed by atoms with Crippen LogP contribution in [0.1, 0.15) is 5.56 Å². The van der Waals surface area contributed by atoms with Crippen LogP contribution in [0, 0.1) is 6.92 Å². The highest BCUT2D eigenvalue weighted by Crippen LogP contribution is 2.26. The van der Waals surface area contributed by atoms with Crippen molar-refractivity contribution in [2.75, 3.05) is 17.7 Å². The lowest BCUT2D eigenvalue weighted by molar-refractivity contribution is -0.118. The quantitative estimate of drug-likeness (QED) is 0.800. The standard InChI is InChI=1S/C15H14BrClN2O2/c1-9-6-13(18)14(7-12(9)17)19-15(20)8-21-11-4-2-10(16)3-5-11/h2-7H,8,18H2,1H3,(H,19,20). The summed E-state index contributed by atoms with van der Waals surface area (Å²) in [6.45, 7) is 1.74. The normalized spacial score (nSPS) is 10.2. The molecule has 2 aromatic rings. The number of carbonyl (C=O) groups excluding carboxylic acids is 1. The van der Waals surface area contributed by atoms with Gasteiger partial charge in [0.2, 0.25) is 0 Å². The molecule has 0 atom stereocenters. The Labute approximate surface area is 136 Å². The first-order valence-corrected chi connectivity index (χ1v) is 7.36. The van der Waals surface area contributed by atoms with Crippen molar-refractivity contribution in [2.24, 2.45) is 0 Å². The number of benzene rings is 2. The summed E-state index contributed by atoms with van der Waals surface area (Å²) in [4.78, 5) is 11.9. The van der Waals surface area contributed by atoms with Crippen LogP contribution in [-0.4, -0.2) is 12.5 Å². The molecule has 4 nitrogen and oxygen atoms in total. The maximum atomic E-state index is 11.9. The van der Waals surface area contributed by atoms with Crippen molar-refractivity contribution in [3.8, 4) is 5.75 Å². The van der Waals surface area contributed by atoms with Gasteiger partial charge < -0.3 is 15.8 Å². The number of amides is 1. The van der Waals surface area contributed by atoms with E-state index in [1.807, 2.05) is 19.1 Å². The SMILES string of the molecule is Cc1cc(N)c(NC(=O)COc2ccc(Br)cc2)cc1Cl. The summed E-state index contributed by atoms with van der Waals surface area (Å²) in [6, 6.07) is 10.6. The summed E-state index contributed by atoms with van der Waals surface area (Å²) in [7, 11) is 0. The number of nitrogens with two attached hydrogens (primary N) is 1. The Hall–Kier alpha value is -1.72. The lowest BCUT2D eigenvalue weighted by atomic mass is 10.2. The van der Waals surface area contributed by atoms with E-state index in [4.69, 9.17) is 22.1 Å². The van der Waals surface area contributed by atoms with Crippen LogP contribution in [0.3, 0.4) is 0 Å². The number of hydrogen-bond acceptors (Lipinski definition) is 3. The van der Waals surface area contributed by atoms with Crippen LogP contribution in [0.15, 0.2) is 40.9 Å². The third kappa shape index (κ3) is 4.37. The first-order valence-electron chi connectivity index (χ1n) is 6.19. The molecular formula is C15H14BrClN2O2. The van der Waals surface area contributed by atoms with Gasteiger partial charge in [-0.25, -0.2) is 0 Å². The molecule has 0 unspecified atom stereocenters. The summed E-state index contributed by atoms with van der Waals surface area (Å²) in [5, 5.41) is 3.23. The molecule has 6 heteroatoms.